The van der Waals surface area contributed by atoms with Crippen molar-refractivity contribution in [1.82, 2.24) is 4.72 Å². The number of carbonyl (C=O) groups excluding carboxylic acids is 2. The van der Waals surface area contributed by atoms with Crippen molar-refractivity contribution in [3.63, 3.8) is 0 Å². The molecular weight excluding hydrogens is 434 g/mol. The van der Waals surface area contributed by atoms with Crippen molar-refractivity contribution < 1.29 is 18.0 Å². The van der Waals surface area contributed by atoms with Gasteiger partial charge in [0.25, 0.3) is 0 Å². The number of rotatable bonds is 8. The number of nitrogens with zero attached hydrogens (tertiary/aromatic N) is 1. The average molecular weight is 462 g/mol. The molecule has 1 aliphatic heterocycles. The van der Waals surface area contributed by atoms with Crippen molar-refractivity contribution in [3.8, 4) is 0 Å². The van der Waals surface area contributed by atoms with Crippen LogP contribution in [0.5, 0.6) is 0 Å². The highest BCUT2D eigenvalue weighted by atomic mass is 32.2. The molecule has 1 aliphatic rings. The molecule has 1 heterocycles. The van der Waals surface area contributed by atoms with Gasteiger partial charge < -0.3 is 10.2 Å². The van der Waals surface area contributed by atoms with Gasteiger partial charge in [0.1, 0.15) is 0 Å². The van der Waals surface area contributed by atoms with Crippen LogP contribution in [0.25, 0.3) is 0 Å². The second kappa shape index (κ2) is 9.84. The van der Waals surface area contributed by atoms with Gasteiger partial charge in [-0.15, -0.1) is 11.8 Å². The molecule has 0 bridgehead atoms. The van der Waals surface area contributed by atoms with Crippen molar-refractivity contribution in [2.24, 2.45) is 5.92 Å². The third-order valence-corrected chi connectivity index (χ3v) is 7.22. The normalized spacial score (nSPS) is 14.3. The molecule has 2 aromatic rings. The van der Waals surface area contributed by atoms with Gasteiger partial charge in [-0.1, -0.05) is 26.0 Å². The molecule has 0 aliphatic carbocycles. The van der Waals surface area contributed by atoms with Gasteiger partial charge >= 0.3 is 0 Å². The Morgan fingerprint density at radius 2 is 1.97 bits per heavy atom. The first-order chi connectivity index (χ1) is 14.7. The second-order valence-corrected chi connectivity index (χ2v) is 10.3. The summed E-state index contributed by atoms with van der Waals surface area (Å²) in [5, 5.41) is 2.80. The first kappa shape index (κ1) is 23.3. The summed E-state index contributed by atoms with van der Waals surface area (Å²) in [6, 6.07) is 12.0. The Labute approximate surface area is 187 Å². The van der Waals surface area contributed by atoms with E-state index in [1.54, 1.807) is 24.8 Å². The molecule has 7 nitrogen and oxygen atoms in total. The summed E-state index contributed by atoms with van der Waals surface area (Å²) in [5.41, 5.74) is 2.01. The first-order valence-corrected chi connectivity index (χ1v) is 12.8. The van der Waals surface area contributed by atoms with Crippen molar-refractivity contribution in [3.05, 3.63) is 48.0 Å². The fourth-order valence-electron chi connectivity index (χ4n) is 3.25. The lowest BCUT2D eigenvalue weighted by molar-refractivity contribution is -0.119. The van der Waals surface area contributed by atoms with Crippen LogP contribution in [0.3, 0.4) is 0 Å². The number of hydrogen-bond donors (Lipinski definition) is 2. The number of benzene rings is 2. The molecule has 0 atom stereocenters. The minimum atomic E-state index is -3.80. The molecule has 31 heavy (non-hydrogen) atoms. The van der Waals surface area contributed by atoms with Gasteiger partial charge in [0.2, 0.25) is 21.8 Å². The lowest BCUT2D eigenvalue weighted by atomic mass is 10.2. The topological polar surface area (TPSA) is 95.6 Å². The molecule has 0 spiro atoms. The zero-order valence-electron chi connectivity index (χ0n) is 17.8. The van der Waals surface area contributed by atoms with Crippen molar-refractivity contribution in [1.29, 1.82) is 0 Å². The Morgan fingerprint density at radius 1 is 1.19 bits per heavy atom. The highest BCUT2D eigenvalue weighted by Gasteiger charge is 2.22. The van der Waals surface area contributed by atoms with Gasteiger partial charge in [-0.2, -0.15) is 0 Å². The number of thioether (sulfide) groups is 1. The zero-order chi connectivity index (χ0) is 22.6. The predicted octanol–water partition coefficient (Wildman–Crippen LogP) is 3.61. The summed E-state index contributed by atoms with van der Waals surface area (Å²) in [5.74, 6) is -0.309. The fourth-order valence-corrected chi connectivity index (χ4v) is 4.82. The molecule has 9 heteroatoms. The van der Waals surface area contributed by atoms with Crippen LogP contribution < -0.4 is 14.9 Å². The highest BCUT2D eigenvalue weighted by Crippen LogP contribution is 2.29. The summed E-state index contributed by atoms with van der Waals surface area (Å²) in [4.78, 5) is 26.7. The minimum absolute atomic E-state index is 0.0789. The van der Waals surface area contributed by atoms with E-state index >= 15 is 0 Å². The van der Waals surface area contributed by atoms with E-state index in [9.17, 15) is 18.0 Å². The Morgan fingerprint density at radius 3 is 2.61 bits per heavy atom. The molecule has 0 saturated carbocycles. The largest absolute Gasteiger partial charge is 0.325 e. The molecule has 1 saturated heterocycles. The first-order valence-electron chi connectivity index (χ1n) is 10.1. The summed E-state index contributed by atoms with van der Waals surface area (Å²) in [6.45, 7) is 4.33. The van der Waals surface area contributed by atoms with E-state index in [0.29, 0.717) is 18.7 Å². The zero-order valence-corrected chi connectivity index (χ0v) is 19.5. The maximum atomic E-state index is 12.9. The van der Waals surface area contributed by atoms with E-state index in [2.05, 4.69) is 10.0 Å². The van der Waals surface area contributed by atoms with Gasteiger partial charge in [0.05, 0.1) is 10.6 Å². The maximum Gasteiger partial charge on any atom is 0.240 e. The minimum Gasteiger partial charge on any atom is -0.325 e. The molecule has 0 unspecified atom stereocenters. The third-order valence-electron chi connectivity index (χ3n) is 5.03. The maximum absolute atomic E-state index is 12.9. The molecule has 3 rings (SSSR count). The Hall–Kier alpha value is -2.36. The van der Waals surface area contributed by atoms with E-state index in [-0.39, 0.29) is 29.2 Å². The van der Waals surface area contributed by atoms with Crippen molar-refractivity contribution in [2.75, 3.05) is 23.0 Å². The molecule has 0 radical (unpaired) electrons. The number of amides is 2. The van der Waals surface area contributed by atoms with Gasteiger partial charge in [-0.05, 0) is 48.6 Å². The average Bonchev–Trinajstić information content (AvgIpc) is 3.18. The van der Waals surface area contributed by atoms with Crippen LogP contribution in [0.2, 0.25) is 0 Å². The SMILES string of the molecule is CSc1ccc(S(=O)(=O)NCc2cccc(N3CCCC3=O)c2)cc1NC(=O)C(C)C. The molecule has 166 valence electrons. The lowest BCUT2D eigenvalue weighted by Crippen LogP contribution is -2.25. The van der Waals surface area contributed by atoms with Crippen LogP contribution in [0.15, 0.2) is 52.3 Å². The molecule has 2 aromatic carbocycles. The summed E-state index contributed by atoms with van der Waals surface area (Å²) in [6.07, 6.45) is 3.24. The van der Waals surface area contributed by atoms with Crippen LogP contribution in [-0.4, -0.2) is 33.0 Å². The number of sulfonamides is 1. The predicted molar refractivity (Wildman–Crippen MR) is 124 cm³/mol. The van der Waals surface area contributed by atoms with Crippen molar-refractivity contribution >= 4 is 45.0 Å². The van der Waals surface area contributed by atoms with E-state index in [4.69, 9.17) is 0 Å². The van der Waals surface area contributed by atoms with Gasteiger partial charge in [-0.25, -0.2) is 13.1 Å². The Bertz CT molecular complexity index is 1080. The molecular formula is C22H27N3O4S2. The molecule has 2 N–H and O–H groups in total. The lowest BCUT2D eigenvalue weighted by Gasteiger charge is -2.17. The van der Waals surface area contributed by atoms with Crippen LogP contribution in [-0.2, 0) is 26.2 Å². The van der Waals surface area contributed by atoms with Crippen LogP contribution in [0.4, 0.5) is 11.4 Å². The van der Waals surface area contributed by atoms with E-state index in [1.807, 2.05) is 30.5 Å². The van der Waals surface area contributed by atoms with E-state index in [1.165, 1.54) is 23.9 Å². The molecule has 1 fully saturated rings. The summed E-state index contributed by atoms with van der Waals surface area (Å²) >= 11 is 1.43. The monoisotopic (exact) mass is 461 g/mol. The van der Waals surface area contributed by atoms with Gasteiger partial charge in [0, 0.05) is 36.0 Å². The van der Waals surface area contributed by atoms with Crippen molar-refractivity contribution in [2.45, 2.75) is 43.0 Å². The highest BCUT2D eigenvalue weighted by molar-refractivity contribution is 7.98. The smallest absolute Gasteiger partial charge is 0.240 e. The molecule has 0 aromatic heterocycles. The fraction of sp³-hybridized carbons (Fsp3) is 0.364. The summed E-state index contributed by atoms with van der Waals surface area (Å²) in [7, 11) is -3.80. The summed E-state index contributed by atoms with van der Waals surface area (Å²) < 4.78 is 28.4. The quantitative estimate of drug-likeness (QED) is 0.586. The number of anilines is 2. The second-order valence-electron chi connectivity index (χ2n) is 7.65. The number of nitrogens with one attached hydrogen (secondary N) is 2. The van der Waals surface area contributed by atoms with E-state index < -0.39 is 10.0 Å². The number of carbonyl (C=O) groups is 2. The van der Waals surface area contributed by atoms with Crippen LogP contribution >= 0.6 is 11.8 Å². The van der Waals surface area contributed by atoms with Crippen LogP contribution in [0.1, 0.15) is 32.3 Å². The standard InChI is InChI=1S/C22H27N3O4S2/c1-15(2)22(27)24-19-13-18(9-10-20(19)30-3)31(28,29)23-14-16-6-4-7-17(12-16)25-11-5-8-21(25)26/h4,6-7,9-10,12-13,15,23H,5,8,11,14H2,1-3H3,(H,24,27). The van der Waals surface area contributed by atoms with E-state index in [0.717, 1.165) is 22.6 Å². The van der Waals surface area contributed by atoms with Crippen LogP contribution in [0, 0.1) is 5.92 Å². The molecule has 2 amide bonds. The third kappa shape index (κ3) is 5.66. The Balaban J connectivity index is 1.76. The Kier molecular flexibility index (Phi) is 7.40. The van der Waals surface area contributed by atoms with Gasteiger partial charge in [-0.3, -0.25) is 9.59 Å². The van der Waals surface area contributed by atoms with Gasteiger partial charge in [0.15, 0.2) is 0 Å². The number of hydrogen-bond acceptors (Lipinski definition) is 5.